The van der Waals surface area contributed by atoms with Gasteiger partial charge < -0.3 is 9.47 Å². The molecule has 0 aliphatic rings. The van der Waals surface area contributed by atoms with E-state index in [1.807, 2.05) is 38.1 Å². The minimum Gasteiger partial charge on any atom is -0.490 e. The third kappa shape index (κ3) is 5.39. The summed E-state index contributed by atoms with van der Waals surface area (Å²) >= 11 is 1.49. The Morgan fingerprint density at radius 3 is 2.60 bits per heavy atom. The highest BCUT2D eigenvalue weighted by atomic mass is 32.1. The van der Waals surface area contributed by atoms with Crippen molar-refractivity contribution in [3.8, 4) is 11.5 Å². The zero-order chi connectivity index (χ0) is 21.5. The van der Waals surface area contributed by atoms with Crippen LogP contribution in [0, 0.1) is 0 Å². The molecule has 1 heterocycles. The van der Waals surface area contributed by atoms with E-state index in [0.29, 0.717) is 35.8 Å². The lowest BCUT2D eigenvalue weighted by Gasteiger charge is -2.11. The van der Waals surface area contributed by atoms with Crippen LogP contribution in [0.1, 0.15) is 51.2 Å². The number of benzene rings is 2. The number of aromatic nitrogens is 1. The van der Waals surface area contributed by atoms with Crippen LogP contribution in [0.5, 0.6) is 11.5 Å². The van der Waals surface area contributed by atoms with Gasteiger partial charge in [0, 0.05) is 6.08 Å². The van der Waals surface area contributed by atoms with Crippen LogP contribution in [0.3, 0.4) is 0 Å². The molecule has 5 nitrogen and oxygen atoms in total. The van der Waals surface area contributed by atoms with Crippen LogP contribution < -0.4 is 14.8 Å². The first-order chi connectivity index (χ1) is 14.5. The Labute approximate surface area is 181 Å². The van der Waals surface area contributed by atoms with Gasteiger partial charge in [-0.15, -0.1) is 0 Å². The fourth-order valence-electron chi connectivity index (χ4n) is 3.03. The minimum absolute atomic E-state index is 0.219. The first kappa shape index (κ1) is 21.8. The van der Waals surface area contributed by atoms with Gasteiger partial charge in [-0.1, -0.05) is 37.3 Å². The predicted octanol–water partition coefficient (Wildman–Crippen LogP) is 6.26. The smallest absolute Gasteiger partial charge is 0.250 e. The van der Waals surface area contributed by atoms with Crippen LogP contribution in [0.4, 0.5) is 5.13 Å². The van der Waals surface area contributed by atoms with Gasteiger partial charge in [0.05, 0.1) is 23.4 Å². The van der Waals surface area contributed by atoms with E-state index < -0.39 is 0 Å². The number of hydrogen-bond donors (Lipinski definition) is 1. The average Bonchev–Trinajstić information content (AvgIpc) is 3.14. The summed E-state index contributed by atoms with van der Waals surface area (Å²) < 4.78 is 12.3. The number of carbonyl (C=O) groups is 1. The molecule has 0 radical (unpaired) electrons. The molecule has 1 unspecified atom stereocenters. The largest absolute Gasteiger partial charge is 0.490 e. The van der Waals surface area contributed by atoms with Crippen LogP contribution in [-0.2, 0) is 4.79 Å². The fraction of sp³-hybridized carbons (Fsp3) is 0.333. The number of rotatable bonds is 9. The molecular weight excluding hydrogens is 396 g/mol. The van der Waals surface area contributed by atoms with Gasteiger partial charge in [-0.2, -0.15) is 0 Å². The number of nitrogens with one attached hydrogen (secondary N) is 1. The average molecular weight is 425 g/mol. The van der Waals surface area contributed by atoms with Crippen molar-refractivity contribution in [3.63, 3.8) is 0 Å². The van der Waals surface area contributed by atoms with Crippen molar-refractivity contribution in [2.45, 2.75) is 40.0 Å². The molecule has 3 aromatic rings. The van der Waals surface area contributed by atoms with Gasteiger partial charge in [-0.3, -0.25) is 10.1 Å². The zero-order valence-electron chi connectivity index (χ0n) is 17.9. The van der Waals surface area contributed by atoms with Crippen LogP contribution in [0.25, 0.3) is 16.3 Å². The summed E-state index contributed by atoms with van der Waals surface area (Å²) in [7, 11) is 0. The molecule has 3 rings (SSSR count). The first-order valence-electron chi connectivity index (χ1n) is 10.3. The topological polar surface area (TPSA) is 60.5 Å². The van der Waals surface area contributed by atoms with Gasteiger partial charge in [0.1, 0.15) is 0 Å². The van der Waals surface area contributed by atoms with Gasteiger partial charge in [0.25, 0.3) is 0 Å². The standard InChI is InChI=1S/C24H28N2O3S/c1-5-16(4)18-10-11-19-22(15-18)30-24(25-19)26-23(27)13-9-17-8-12-20(28-6-2)21(14-17)29-7-3/h8-16H,5-7H2,1-4H3,(H,25,26,27)/b13-9+. The van der Waals surface area contributed by atoms with E-state index in [0.717, 1.165) is 22.2 Å². The van der Waals surface area contributed by atoms with Gasteiger partial charge >= 0.3 is 0 Å². The summed E-state index contributed by atoms with van der Waals surface area (Å²) in [6, 6.07) is 11.9. The second-order valence-electron chi connectivity index (χ2n) is 6.95. The Hall–Kier alpha value is -2.86. The highest BCUT2D eigenvalue weighted by Gasteiger charge is 2.10. The number of fused-ring (bicyclic) bond motifs is 1. The van der Waals surface area contributed by atoms with Crippen molar-refractivity contribution < 1.29 is 14.3 Å². The maximum atomic E-state index is 12.4. The van der Waals surface area contributed by atoms with E-state index in [2.05, 4.69) is 36.3 Å². The fourth-order valence-corrected chi connectivity index (χ4v) is 3.94. The van der Waals surface area contributed by atoms with E-state index in [-0.39, 0.29) is 5.91 Å². The Morgan fingerprint density at radius 2 is 1.87 bits per heavy atom. The van der Waals surface area contributed by atoms with Gasteiger partial charge in [-0.25, -0.2) is 4.98 Å². The lowest BCUT2D eigenvalue weighted by Crippen LogP contribution is -2.07. The summed E-state index contributed by atoms with van der Waals surface area (Å²) in [4.78, 5) is 16.9. The predicted molar refractivity (Wildman–Crippen MR) is 125 cm³/mol. The number of nitrogens with zero attached hydrogens (tertiary/aromatic N) is 1. The molecule has 1 aromatic heterocycles. The maximum absolute atomic E-state index is 12.4. The van der Waals surface area contributed by atoms with Gasteiger partial charge in [0.15, 0.2) is 16.6 Å². The second-order valence-corrected chi connectivity index (χ2v) is 7.98. The normalized spacial score (nSPS) is 12.3. The number of anilines is 1. The third-order valence-electron chi connectivity index (χ3n) is 4.82. The summed E-state index contributed by atoms with van der Waals surface area (Å²) in [5, 5.41) is 3.46. The molecule has 158 valence electrons. The summed E-state index contributed by atoms with van der Waals surface area (Å²) in [5.41, 5.74) is 3.06. The van der Waals surface area contributed by atoms with Gasteiger partial charge in [0.2, 0.25) is 5.91 Å². The molecule has 1 atom stereocenters. The van der Waals surface area contributed by atoms with Crippen molar-refractivity contribution >= 4 is 38.7 Å². The number of thiazole rings is 1. The SMILES string of the molecule is CCOc1ccc(/C=C/C(=O)Nc2nc3ccc(C(C)CC)cc3s2)cc1OCC. The Morgan fingerprint density at radius 1 is 1.10 bits per heavy atom. The molecule has 0 spiro atoms. The van der Waals surface area contributed by atoms with Gasteiger partial charge in [-0.05, 0) is 67.7 Å². The molecule has 0 aliphatic heterocycles. The summed E-state index contributed by atoms with van der Waals surface area (Å²) in [5.74, 6) is 1.66. The Bertz CT molecular complexity index is 1040. The summed E-state index contributed by atoms with van der Waals surface area (Å²) in [6.45, 7) is 9.37. The molecule has 1 N–H and O–H groups in total. The molecule has 0 saturated heterocycles. The first-order valence-corrected chi connectivity index (χ1v) is 11.1. The Balaban J connectivity index is 1.70. The van der Waals surface area contributed by atoms with Crippen molar-refractivity contribution in [1.82, 2.24) is 4.98 Å². The molecule has 2 aromatic carbocycles. The maximum Gasteiger partial charge on any atom is 0.250 e. The molecule has 0 aliphatic carbocycles. The van der Waals surface area contributed by atoms with Crippen molar-refractivity contribution in [3.05, 3.63) is 53.6 Å². The van der Waals surface area contributed by atoms with E-state index in [4.69, 9.17) is 9.47 Å². The molecule has 6 heteroatoms. The number of ether oxygens (including phenoxy) is 2. The molecule has 0 fully saturated rings. The van der Waals surface area contributed by atoms with E-state index in [1.54, 1.807) is 6.08 Å². The molecule has 0 bridgehead atoms. The van der Waals surface area contributed by atoms with Crippen LogP contribution in [0.2, 0.25) is 0 Å². The van der Waals surface area contributed by atoms with Crippen LogP contribution in [0.15, 0.2) is 42.5 Å². The highest BCUT2D eigenvalue weighted by Crippen LogP contribution is 2.31. The molecule has 1 amide bonds. The monoisotopic (exact) mass is 424 g/mol. The van der Waals surface area contributed by atoms with Crippen molar-refractivity contribution in [1.29, 1.82) is 0 Å². The van der Waals surface area contributed by atoms with E-state index >= 15 is 0 Å². The van der Waals surface area contributed by atoms with E-state index in [9.17, 15) is 4.79 Å². The number of carbonyl (C=O) groups excluding carboxylic acids is 1. The van der Waals surface area contributed by atoms with Crippen molar-refractivity contribution in [2.24, 2.45) is 0 Å². The number of hydrogen-bond acceptors (Lipinski definition) is 5. The van der Waals surface area contributed by atoms with E-state index in [1.165, 1.54) is 23.0 Å². The quantitative estimate of drug-likeness (QED) is 0.412. The molecular formula is C24H28N2O3S. The van der Waals surface area contributed by atoms with Crippen LogP contribution in [-0.4, -0.2) is 24.1 Å². The minimum atomic E-state index is -0.219. The third-order valence-corrected chi connectivity index (χ3v) is 5.75. The number of amides is 1. The van der Waals surface area contributed by atoms with Crippen molar-refractivity contribution in [2.75, 3.05) is 18.5 Å². The second kappa shape index (κ2) is 10.3. The lowest BCUT2D eigenvalue weighted by molar-refractivity contribution is -0.111. The molecule has 30 heavy (non-hydrogen) atoms. The summed E-state index contributed by atoms with van der Waals surface area (Å²) in [6.07, 6.45) is 4.35. The lowest BCUT2D eigenvalue weighted by atomic mass is 9.99. The molecule has 0 saturated carbocycles. The highest BCUT2D eigenvalue weighted by molar-refractivity contribution is 7.22. The van der Waals surface area contributed by atoms with Crippen LogP contribution >= 0.6 is 11.3 Å². The Kier molecular flexibility index (Phi) is 7.46. The zero-order valence-corrected chi connectivity index (χ0v) is 18.7.